The molecular formula is C28H29FN4O4. The van der Waals surface area contributed by atoms with Gasteiger partial charge in [0.1, 0.15) is 17.3 Å². The topological polar surface area (TPSA) is 89.1 Å². The van der Waals surface area contributed by atoms with E-state index in [1.54, 1.807) is 42.2 Å². The number of halogens is 1. The number of benzene rings is 2. The normalized spacial score (nSPS) is 23.3. The molecule has 2 unspecified atom stereocenters. The summed E-state index contributed by atoms with van der Waals surface area (Å²) in [5.74, 6) is -0.630. The number of hydrogen-bond donors (Lipinski definition) is 2. The fourth-order valence-electron chi connectivity index (χ4n) is 6.10. The molecule has 0 spiro atoms. The average molecular weight is 505 g/mol. The van der Waals surface area contributed by atoms with Gasteiger partial charge in [0, 0.05) is 49.2 Å². The number of aromatic amines is 1. The predicted molar refractivity (Wildman–Crippen MR) is 136 cm³/mol. The van der Waals surface area contributed by atoms with Gasteiger partial charge in [0.2, 0.25) is 0 Å². The fourth-order valence-corrected chi connectivity index (χ4v) is 6.10. The van der Waals surface area contributed by atoms with Crippen LogP contribution in [0.25, 0.3) is 10.9 Å². The van der Waals surface area contributed by atoms with E-state index in [4.69, 9.17) is 4.74 Å². The van der Waals surface area contributed by atoms with Crippen molar-refractivity contribution in [2.24, 2.45) is 0 Å². The highest BCUT2D eigenvalue weighted by atomic mass is 19.1. The number of ether oxygens (including phenoxy) is 1. The number of urea groups is 1. The Morgan fingerprint density at radius 3 is 2.68 bits per heavy atom. The maximum absolute atomic E-state index is 15.5. The first-order chi connectivity index (χ1) is 17.8. The molecule has 0 aliphatic carbocycles. The highest BCUT2D eigenvalue weighted by Gasteiger charge is 2.60. The quantitative estimate of drug-likeness (QED) is 0.392. The molecule has 2 aromatic carbocycles. The SMILES string of the molecule is COc1ccc2[nH]c3c(c2c1F)CC1(C)C(=O)N(CCCN2CC=CC2)C(=O)N1C3c1cccc(O)c1. The van der Waals surface area contributed by atoms with Crippen molar-refractivity contribution in [1.29, 1.82) is 0 Å². The molecule has 1 saturated heterocycles. The van der Waals surface area contributed by atoms with E-state index in [9.17, 15) is 14.7 Å². The Kier molecular flexibility index (Phi) is 5.49. The van der Waals surface area contributed by atoms with Crippen LogP contribution in [0, 0.1) is 5.82 Å². The highest BCUT2D eigenvalue weighted by molar-refractivity contribution is 6.08. The van der Waals surface area contributed by atoms with E-state index in [-0.39, 0.29) is 29.9 Å². The van der Waals surface area contributed by atoms with Gasteiger partial charge in [-0.3, -0.25) is 19.5 Å². The summed E-state index contributed by atoms with van der Waals surface area (Å²) in [5, 5.41) is 10.6. The molecular weight excluding hydrogens is 475 g/mol. The number of hydrogen-bond acceptors (Lipinski definition) is 5. The Labute approximate surface area is 213 Å². The molecule has 3 amide bonds. The van der Waals surface area contributed by atoms with Crippen molar-refractivity contribution in [3.05, 3.63) is 71.2 Å². The summed E-state index contributed by atoms with van der Waals surface area (Å²) in [5.41, 5.74) is 1.27. The molecule has 4 heterocycles. The predicted octanol–water partition coefficient (Wildman–Crippen LogP) is 3.95. The second-order valence-electron chi connectivity index (χ2n) is 10.2. The van der Waals surface area contributed by atoms with E-state index >= 15 is 4.39 Å². The van der Waals surface area contributed by atoms with Crippen LogP contribution >= 0.6 is 0 Å². The maximum Gasteiger partial charge on any atom is 0.328 e. The number of aromatic nitrogens is 1. The molecule has 192 valence electrons. The monoisotopic (exact) mass is 504 g/mol. The van der Waals surface area contributed by atoms with Crippen LogP contribution in [0.4, 0.5) is 9.18 Å². The molecule has 2 N–H and O–H groups in total. The molecule has 2 atom stereocenters. The van der Waals surface area contributed by atoms with Crippen molar-refractivity contribution in [2.45, 2.75) is 31.3 Å². The van der Waals surface area contributed by atoms with Crippen LogP contribution < -0.4 is 4.74 Å². The summed E-state index contributed by atoms with van der Waals surface area (Å²) >= 11 is 0. The van der Waals surface area contributed by atoms with Gasteiger partial charge in [-0.05, 0) is 48.7 Å². The first-order valence-corrected chi connectivity index (χ1v) is 12.5. The number of phenols is 1. The number of nitrogens with zero attached hydrogens (tertiary/aromatic N) is 3. The number of rotatable bonds is 6. The van der Waals surface area contributed by atoms with Crippen molar-refractivity contribution >= 4 is 22.8 Å². The lowest BCUT2D eigenvalue weighted by Crippen LogP contribution is -2.53. The molecule has 3 aromatic rings. The number of imide groups is 1. The standard InChI is InChI=1S/C28H29FN4O4/c1-28-16-19-22-20(9-10-21(37-2)23(22)29)30-24(19)25(17-7-5-8-18(34)15-17)33(28)27(36)32(26(28)35)14-6-13-31-11-3-4-12-31/h3-5,7-10,15,25,30,34H,6,11-14,16H2,1-2H3. The van der Waals surface area contributed by atoms with Crippen LogP contribution in [0.3, 0.4) is 0 Å². The number of carbonyl (C=O) groups excluding carboxylic acids is 2. The largest absolute Gasteiger partial charge is 0.508 e. The van der Waals surface area contributed by atoms with Gasteiger partial charge < -0.3 is 14.8 Å². The molecule has 1 fully saturated rings. The zero-order valence-corrected chi connectivity index (χ0v) is 20.8. The molecule has 6 rings (SSSR count). The number of amides is 3. The fraction of sp³-hybridized carbons (Fsp3) is 0.357. The summed E-state index contributed by atoms with van der Waals surface area (Å²) in [7, 11) is 1.41. The van der Waals surface area contributed by atoms with Gasteiger partial charge in [-0.25, -0.2) is 9.18 Å². The van der Waals surface area contributed by atoms with Crippen molar-refractivity contribution in [1.82, 2.24) is 19.7 Å². The Hall–Kier alpha value is -3.85. The van der Waals surface area contributed by atoms with Gasteiger partial charge in [0.25, 0.3) is 5.91 Å². The van der Waals surface area contributed by atoms with Crippen LogP contribution in [-0.2, 0) is 11.2 Å². The number of methoxy groups -OCH3 is 1. The minimum atomic E-state index is -1.21. The molecule has 9 heteroatoms. The molecule has 37 heavy (non-hydrogen) atoms. The van der Waals surface area contributed by atoms with Gasteiger partial charge in [-0.2, -0.15) is 0 Å². The van der Waals surface area contributed by atoms with E-state index in [2.05, 4.69) is 22.0 Å². The third-order valence-corrected chi connectivity index (χ3v) is 7.89. The van der Waals surface area contributed by atoms with Gasteiger partial charge in [-0.1, -0.05) is 24.3 Å². The van der Waals surface area contributed by atoms with Crippen LogP contribution in [0.15, 0.2) is 48.6 Å². The molecule has 8 nitrogen and oxygen atoms in total. The molecule has 3 aliphatic rings. The van der Waals surface area contributed by atoms with Gasteiger partial charge >= 0.3 is 6.03 Å². The van der Waals surface area contributed by atoms with Crippen molar-refractivity contribution in [3.8, 4) is 11.5 Å². The number of carbonyl (C=O) groups is 2. The van der Waals surface area contributed by atoms with E-state index in [0.29, 0.717) is 40.7 Å². The van der Waals surface area contributed by atoms with Crippen molar-refractivity contribution in [2.75, 3.05) is 33.3 Å². The summed E-state index contributed by atoms with van der Waals surface area (Å²) in [4.78, 5) is 36.3. The third-order valence-electron chi connectivity index (χ3n) is 7.89. The first-order valence-electron chi connectivity index (χ1n) is 12.5. The molecule has 0 saturated carbocycles. The number of aromatic hydroxyl groups is 1. The summed E-state index contributed by atoms with van der Waals surface area (Å²) in [6.07, 6.45) is 5.05. The lowest BCUT2D eigenvalue weighted by Gasteiger charge is -2.42. The number of phenolic OH excluding ortho intramolecular Hbond substituents is 1. The lowest BCUT2D eigenvalue weighted by molar-refractivity contribution is -0.133. The zero-order chi connectivity index (χ0) is 25.9. The van der Waals surface area contributed by atoms with Crippen LogP contribution in [-0.4, -0.2) is 75.6 Å². The lowest BCUT2D eigenvalue weighted by atomic mass is 9.81. The first kappa shape index (κ1) is 23.5. The smallest absolute Gasteiger partial charge is 0.328 e. The third kappa shape index (κ3) is 3.52. The van der Waals surface area contributed by atoms with Gasteiger partial charge in [0.15, 0.2) is 11.6 Å². The minimum Gasteiger partial charge on any atom is -0.508 e. The Bertz CT molecular complexity index is 1440. The van der Waals surface area contributed by atoms with Crippen LogP contribution in [0.2, 0.25) is 0 Å². The molecule has 0 radical (unpaired) electrons. The van der Waals surface area contributed by atoms with E-state index < -0.39 is 17.4 Å². The van der Waals surface area contributed by atoms with Crippen LogP contribution in [0.5, 0.6) is 11.5 Å². The number of nitrogens with one attached hydrogen (secondary N) is 1. The van der Waals surface area contributed by atoms with Crippen molar-refractivity contribution < 1.29 is 23.8 Å². The van der Waals surface area contributed by atoms with Gasteiger partial charge in [0.05, 0.1) is 7.11 Å². The number of fused-ring (bicyclic) bond motifs is 4. The highest BCUT2D eigenvalue weighted by Crippen LogP contribution is 2.49. The Morgan fingerprint density at radius 1 is 1.16 bits per heavy atom. The summed E-state index contributed by atoms with van der Waals surface area (Å²) in [6.45, 7) is 4.60. The number of H-pyrrole nitrogens is 1. The van der Waals surface area contributed by atoms with E-state index in [1.165, 1.54) is 12.0 Å². The maximum atomic E-state index is 15.5. The Balaban J connectivity index is 1.45. The van der Waals surface area contributed by atoms with E-state index in [0.717, 1.165) is 19.6 Å². The van der Waals surface area contributed by atoms with Crippen molar-refractivity contribution in [3.63, 3.8) is 0 Å². The second-order valence-corrected chi connectivity index (χ2v) is 10.2. The van der Waals surface area contributed by atoms with Crippen LogP contribution in [0.1, 0.15) is 36.2 Å². The average Bonchev–Trinajstić information content (AvgIpc) is 3.57. The molecule has 1 aromatic heterocycles. The minimum absolute atomic E-state index is 0.0457. The zero-order valence-electron chi connectivity index (χ0n) is 20.8. The molecule has 0 bridgehead atoms. The summed E-state index contributed by atoms with van der Waals surface area (Å²) < 4.78 is 20.8. The summed E-state index contributed by atoms with van der Waals surface area (Å²) in [6, 6.07) is 8.87. The van der Waals surface area contributed by atoms with Gasteiger partial charge in [-0.15, -0.1) is 0 Å². The molecule has 3 aliphatic heterocycles. The van der Waals surface area contributed by atoms with E-state index in [1.807, 2.05) is 6.07 Å². The Morgan fingerprint density at radius 2 is 1.95 bits per heavy atom. The second kappa shape index (κ2) is 8.62.